The van der Waals surface area contributed by atoms with Crippen molar-refractivity contribution in [3.63, 3.8) is 0 Å². The summed E-state index contributed by atoms with van der Waals surface area (Å²) in [6.45, 7) is 7.64. The van der Waals surface area contributed by atoms with Crippen molar-refractivity contribution in [1.29, 1.82) is 0 Å². The molecule has 0 amide bonds. The van der Waals surface area contributed by atoms with E-state index in [0.29, 0.717) is 16.7 Å². The number of sulfonamides is 1. The van der Waals surface area contributed by atoms with Crippen molar-refractivity contribution in [2.75, 3.05) is 31.1 Å². The second-order valence-electron chi connectivity index (χ2n) is 6.33. The lowest BCUT2D eigenvalue weighted by atomic mass is 10.0. The van der Waals surface area contributed by atoms with Gasteiger partial charge in [0, 0.05) is 32.2 Å². The molecule has 0 spiro atoms. The lowest BCUT2D eigenvalue weighted by Crippen LogP contribution is -2.33. The van der Waals surface area contributed by atoms with E-state index in [9.17, 15) is 8.42 Å². The Morgan fingerprint density at radius 3 is 2.43 bits per heavy atom. The average molecular weight is 309 g/mol. The molecule has 0 bridgehead atoms. The molecular formula is C15H23N3O2S. The van der Waals surface area contributed by atoms with Gasteiger partial charge in [-0.05, 0) is 37.8 Å². The van der Waals surface area contributed by atoms with Gasteiger partial charge in [-0.2, -0.15) is 0 Å². The minimum atomic E-state index is -3.46. The molecule has 0 radical (unpaired) electrons. The number of anilines is 1. The molecule has 0 aliphatic carbocycles. The van der Waals surface area contributed by atoms with E-state index in [-0.39, 0.29) is 6.04 Å². The lowest BCUT2D eigenvalue weighted by molar-refractivity contribution is 0.533. The molecule has 0 saturated carbocycles. The molecule has 21 heavy (non-hydrogen) atoms. The molecule has 0 aromatic heterocycles. The van der Waals surface area contributed by atoms with Crippen molar-refractivity contribution in [3.05, 3.63) is 24.3 Å². The van der Waals surface area contributed by atoms with Crippen LogP contribution in [0.5, 0.6) is 0 Å². The topological polar surface area (TPSA) is 61.4 Å². The van der Waals surface area contributed by atoms with Crippen LogP contribution in [0.2, 0.25) is 0 Å². The van der Waals surface area contributed by atoms with Gasteiger partial charge in [-0.25, -0.2) is 13.1 Å². The van der Waals surface area contributed by atoms with E-state index >= 15 is 0 Å². The molecule has 2 N–H and O–H groups in total. The van der Waals surface area contributed by atoms with E-state index in [4.69, 9.17) is 0 Å². The third-order valence-corrected chi connectivity index (χ3v) is 5.98. The predicted octanol–water partition coefficient (Wildman–Crippen LogP) is 1.03. The van der Waals surface area contributed by atoms with E-state index in [1.165, 1.54) is 0 Å². The Morgan fingerprint density at radius 2 is 1.81 bits per heavy atom. The maximum Gasteiger partial charge on any atom is 0.242 e. The predicted molar refractivity (Wildman–Crippen MR) is 84.0 cm³/mol. The van der Waals surface area contributed by atoms with Crippen LogP contribution < -0.4 is 14.9 Å². The summed E-state index contributed by atoms with van der Waals surface area (Å²) in [5, 5.41) is 3.41. The minimum absolute atomic E-state index is 0.106. The summed E-state index contributed by atoms with van der Waals surface area (Å²) in [5.74, 6) is 1.28. The zero-order valence-corrected chi connectivity index (χ0v) is 13.4. The van der Waals surface area contributed by atoms with Crippen LogP contribution in [0.4, 0.5) is 5.69 Å². The van der Waals surface area contributed by atoms with Gasteiger partial charge in [0.1, 0.15) is 4.90 Å². The standard InChI is InChI=1S/C15H23N3O2S/c1-11(2)17-21(19,20)15-6-4-3-5-14(15)18-9-12-7-16-8-13(12)10-18/h3-6,11-13,16-17H,7-10H2,1-2H3. The van der Waals surface area contributed by atoms with Gasteiger partial charge in [0.2, 0.25) is 10.0 Å². The number of para-hydroxylation sites is 1. The Balaban J connectivity index is 1.90. The number of fused-ring (bicyclic) bond motifs is 1. The van der Waals surface area contributed by atoms with Crippen molar-refractivity contribution >= 4 is 15.7 Å². The van der Waals surface area contributed by atoms with E-state index in [0.717, 1.165) is 31.9 Å². The summed E-state index contributed by atoms with van der Waals surface area (Å²) in [6.07, 6.45) is 0. The van der Waals surface area contributed by atoms with Crippen molar-refractivity contribution in [1.82, 2.24) is 10.0 Å². The number of rotatable bonds is 4. The second kappa shape index (κ2) is 5.59. The first-order valence-corrected chi connectivity index (χ1v) is 9.02. The third-order valence-electron chi connectivity index (χ3n) is 4.28. The van der Waals surface area contributed by atoms with Crippen LogP contribution in [-0.4, -0.2) is 40.6 Å². The Hall–Kier alpha value is -1.11. The van der Waals surface area contributed by atoms with E-state index < -0.39 is 10.0 Å². The number of nitrogens with zero attached hydrogens (tertiary/aromatic N) is 1. The molecule has 116 valence electrons. The van der Waals surface area contributed by atoms with Crippen molar-refractivity contribution in [3.8, 4) is 0 Å². The zero-order valence-electron chi connectivity index (χ0n) is 12.5. The molecule has 2 unspecified atom stereocenters. The fraction of sp³-hybridized carbons (Fsp3) is 0.600. The quantitative estimate of drug-likeness (QED) is 0.872. The molecule has 5 nitrogen and oxygen atoms in total. The smallest absolute Gasteiger partial charge is 0.242 e. The Morgan fingerprint density at radius 1 is 1.19 bits per heavy atom. The van der Waals surface area contributed by atoms with Crippen LogP contribution in [0.3, 0.4) is 0 Å². The van der Waals surface area contributed by atoms with E-state index in [1.807, 2.05) is 26.0 Å². The molecule has 3 rings (SSSR count). The first-order chi connectivity index (χ1) is 9.97. The highest BCUT2D eigenvalue weighted by molar-refractivity contribution is 7.89. The fourth-order valence-electron chi connectivity index (χ4n) is 3.37. The van der Waals surface area contributed by atoms with Gasteiger partial charge in [0.15, 0.2) is 0 Å². The summed E-state index contributed by atoms with van der Waals surface area (Å²) in [6, 6.07) is 7.22. The summed E-state index contributed by atoms with van der Waals surface area (Å²) < 4.78 is 27.7. The zero-order chi connectivity index (χ0) is 15.0. The van der Waals surface area contributed by atoms with E-state index in [1.54, 1.807) is 12.1 Å². The molecule has 2 saturated heterocycles. The molecule has 2 aliphatic rings. The average Bonchev–Trinajstić information content (AvgIpc) is 2.97. The van der Waals surface area contributed by atoms with Crippen LogP contribution in [0.25, 0.3) is 0 Å². The summed E-state index contributed by atoms with van der Waals surface area (Å²) >= 11 is 0. The molecule has 6 heteroatoms. The first kappa shape index (κ1) is 14.8. The summed E-state index contributed by atoms with van der Waals surface area (Å²) in [4.78, 5) is 2.62. The lowest BCUT2D eigenvalue weighted by Gasteiger charge is -2.23. The number of nitrogens with one attached hydrogen (secondary N) is 2. The van der Waals surface area contributed by atoms with Crippen LogP contribution in [-0.2, 0) is 10.0 Å². The SMILES string of the molecule is CC(C)NS(=O)(=O)c1ccccc1N1CC2CNCC2C1. The Bertz CT molecular complexity index is 603. The summed E-state index contributed by atoms with van der Waals surface area (Å²) in [5.41, 5.74) is 0.833. The maximum absolute atomic E-state index is 12.5. The molecule has 2 atom stereocenters. The van der Waals surface area contributed by atoms with Gasteiger partial charge in [-0.1, -0.05) is 12.1 Å². The van der Waals surface area contributed by atoms with Crippen LogP contribution >= 0.6 is 0 Å². The molecule has 2 aliphatic heterocycles. The van der Waals surface area contributed by atoms with Crippen molar-refractivity contribution < 1.29 is 8.42 Å². The highest BCUT2D eigenvalue weighted by Crippen LogP contribution is 2.33. The normalized spacial score (nSPS) is 25.6. The number of benzene rings is 1. The minimum Gasteiger partial charge on any atom is -0.370 e. The first-order valence-electron chi connectivity index (χ1n) is 7.54. The maximum atomic E-state index is 12.5. The van der Waals surface area contributed by atoms with Gasteiger partial charge in [-0.3, -0.25) is 0 Å². The van der Waals surface area contributed by atoms with Gasteiger partial charge in [-0.15, -0.1) is 0 Å². The molecule has 2 heterocycles. The fourth-order valence-corrected chi connectivity index (χ4v) is 4.85. The van der Waals surface area contributed by atoms with Gasteiger partial charge >= 0.3 is 0 Å². The summed E-state index contributed by atoms with van der Waals surface area (Å²) in [7, 11) is -3.46. The van der Waals surface area contributed by atoms with Gasteiger partial charge < -0.3 is 10.2 Å². The molecule has 1 aromatic carbocycles. The molecule has 1 aromatic rings. The highest BCUT2D eigenvalue weighted by Gasteiger charge is 2.37. The van der Waals surface area contributed by atoms with E-state index in [2.05, 4.69) is 14.9 Å². The molecule has 2 fully saturated rings. The van der Waals surface area contributed by atoms with Crippen LogP contribution in [0.1, 0.15) is 13.8 Å². The Kier molecular flexibility index (Phi) is 3.94. The number of hydrogen-bond donors (Lipinski definition) is 2. The van der Waals surface area contributed by atoms with Gasteiger partial charge in [0.05, 0.1) is 5.69 Å². The van der Waals surface area contributed by atoms with Crippen LogP contribution in [0.15, 0.2) is 29.2 Å². The second-order valence-corrected chi connectivity index (χ2v) is 8.01. The largest absolute Gasteiger partial charge is 0.370 e. The third kappa shape index (κ3) is 2.93. The van der Waals surface area contributed by atoms with Gasteiger partial charge in [0.25, 0.3) is 0 Å². The molecular weight excluding hydrogens is 286 g/mol. The van der Waals surface area contributed by atoms with Crippen LogP contribution in [0, 0.1) is 11.8 Å². The van der Waals surface area contributed by atoms with Crippen molar-refractivity contribution in [2.24, 2.45) is 11.8 Å². The number of hydrogen-bond acceptors (Lipinski definition) is 4. The van der Waals surface area contributed by atoms with Crippen molar-refractivity contribution in [2.45, 2.75) is 24.8 Å². The Labute approximate surface area is 126 Å². The monoisotopic (exact) mass is 309 g/mol. The highest BCUT2D eigenvalue weighted by atomic mass is 32.2.